The van der Waals surface area contributed by atoms with Crippen LogP contribution in [-0.2, 0) is 4.74 Å². The molecule has 1 aromatic rings. The molecular formula is C18H27N3OS. The van der Waals surface area contributed by atoms with Crippen LogP contribution in [0.1, 0.15) is 49.9 Å². The van der Waals surface area contributed by atoms with Gasteiger partial charge in [0.15, 0.2) is 5.96 Å². The van der Waals surface area contributed by atoms with Crippen molar-refractivity contribution < 1.29 is 4.74 Å². The Bertz CT molecular complexity index is 565. The van der Waals surface area contributed by atoms with Crippen molar-refractivity contribution in [1.82, 2.24) is 10.6 Å². The van der Waals surface area contributed by atoms with E-state index in [4.69, 9.17) is 4.74 Å². The Labute approximate surface area is 142 Å². The number of ether oxygens (including phenoxy) is 1. The number of hydrogen-bond donors (Lipinski definition) is 2. The van der Waals surface area contributed by atoms with Gasteiger partial charge in [-0.05, 0) is 37.6 Å². The van der Waals surface area contributed by atoms with E-state index in [0.717, 1.165) is 12.6 Å². The second-order valence-corrected chi connectivity index (χ2v) is 8.24. The van der Waals surface area contributed by atoms with Gasteiger partial charge in [-0.3, -0.25) is 4.99 Å². The van der Waals surface area contributed by atoms with Gasteiger partial charge < -0.3 is 15.4 Å². The van der Waals surface area contributed by atoms with Crippen LogP contribution in [0.15, 0.2) is 22.5 Å². The zero-order chi connectivity index (χ0) is 15.9. The lowest BCUT2D eigenvalue weighted by molar-refractivity contribution is -0.125. The maximum atomic E-state index is 6.08. The number of nitrogens with one attached hydrogen (secondary N) is 2. The van der Waals surface area contributed by atoms with E-state index in [1.54, 1.807) is 11.3 Å². The summed E-state index contributed by atoms with van der Waals surface area (Å²) in [4.78, 5) is 5.83. The number of hydrogen-bond acceptors (Lipinski definition) is 3. The Morgan fingerprint density at radius 1 is 1.43 bits per heavy atom. The summed E-state index contributed by atoms with van der Waals surface area (Å²) in [6.45, 7) is 3.14. The first-order chi connectivity index (χ1) is 11.2. The Morgan fingerprint density at radius 2 is 2.26 bits per heavy atom. The van der Waals surface area contributed by atoms with Crippen molar-refractivity contribution in [2.45, 2.75) is 57.2 Å². The molecule has 4 atom stereocenters. The summed E-state index contributed by atoms with van der Waals surface area (Å²) in [5.74, 6) is 1.61. The largest absolute Gasteiger partial charge is 0.377 e. The van der Waals surface area contributed by atoms with Gasteiger partial charge in [0.1, 0.15) is 0 Å². The van der Waals surface area contributed by atoms with E-state index in [2.05, 4.69) is 40.1 Å². The molecule has 5 heteroatoms. The lowest BCUT2D eigenvalue weighted by Crippen LogP contribution is -2.69. The lowest BCUT2D eigenvalue weighted by atomic mass is 9.54. The Balaban J connectivity index is 1.45. The molecule has 3 fully saturated rings. The van der Waals surface area contributed by atoms with E-state index in [-0.39, 0.29) is 6.04 Å². The zero-order valence-corrected chi connectivity index (χ0v) is 14.9. The topological polar surface area (TPSA) is 45.7 Å². The fourth-order valence-corrected chi connectivity index (χ4v) is 5.77. The highest BCUT2D eigenvalue weighted by molar-refractivity contribution is 7.10. The van der Waals surface area contributed by atoms with Crippen molar-refractivity contribution in [3.63, 3.8) is 0 Å². The summed E-state index contributed by atoms with van der Waals surface area (Å²) in [7, 11) is 1.87. The zero-order valence-electron chi connectivity index (χ0n) is 14.0. The summed E-state index contributed by atoms with van der Waals surface area (Å²) in [6, 6.07) is 5.10. The van der Waals surface area contributed by atoms with Crippen LogP contribution >= 0.6 is 11.3 Å². The normalized spacial score (nSPS) is 33.3. The third-order valence-corrected chi connectivity index (χ3v) is 7.18. The molecule has 1 spiro atoms. The van der Waals surface area contributed by atoms with E-state index in [1.165, 1.54) is 37.0 Å². The van der Waals surface area contributed by atoms with E-state index >= 15 is 0 Å². The van der Waals surface area contributed by atoms with Crippen LogP contribution in [0.5, 0.6) is 0 Å². The van der Waals surface area contributed by atoms with Crippen molar-refractivity contribution in [3.8, 4) is 0 Å². The minimum Gasteiger partial charge on any atom is -0.377 e. The number of rotatable bonds is 3. The molecule has 2 saturated carbocycles. The first-order valence-electron chi connectivity index (χ1n) is 8.89. The average molecular weight is 334 g/mol. The predicted molar refractivity (Wildman–Crippen MR) is 94.9 cm³/mol. The average Bonchev–Trinajstić information content (AvgIpc) is 3.31. The highest BCUT2D eigenvalue weighted by Crippen LogP contribution is 2.60. The van der Waals surface area contributed by atoms with Crippen molar-refractivity contribution in [2.75, 3.05) is 13.7 Å². The summed E-state index contributed by atoms with van der Waals surface area (Å²) < 4.78 is 6.08. The van der Waals surface area contributed by atoms with E-state index in [9.17, 15) is 0 Å². The Morgan fingerprint density at radius 3 is 2.96 bits per heavy atom. The fourth-order valence-electron chi connectivity index (χ4n) is 5.04. The molecule has 3 aliphatic rings. The standard InChI is InChI=1S/C18H27N3OS/c1-12(14-6-5-11-23-14)20-17(19-2)21-15-13-7-10-22-16(13)18(15)8-3-4-9-18/h5-6,11-13,15-16H,3-4,7-10H2,1-2H3,(H2,19,20,21). The lowest BCUT2D eigenvalue weighted by Gasteiger charge is -2.57. The number of fused-ring (bicyclic) bond motifs is 2. The minimum atomic E-state index is 0.288. The van der Waals surface area contributed by atoms with E-state index in [0.29, 0.717) is 23.5 Å². The molecule has 0 radical (unpaired) electrons. The van der Waals surface area contributed by atoms with Crippen LogP contribution < -0.4 is 10.6 Å². The molecule has 1 saturated heterocycles. The SMILES string of the molecule is CN=C(NC(C)c1cccs1)NC1C2CCOC2C12CCCC2. The number of guanidine groups is 1. The summed E-state index contributed by atoms with van der Waals surface area (Å²) in [5, 5.41) is 9.46. The highest BCUT2D eigenvalue weighted by atomic mass is 32.1. The van der Waals surface area contributed by atoms with Gasteiger partial charge in [0.05, 0.1) is 12.1 Å². The van der Waals surface area contributed by atoms with E-state index in [1.807, 2.05) is 7.05 Å². The number of nitrogens with zero attached hydrogens (tertiary/aromatic N) is 1. The van der Waals surface area contributed by atoms with Crippen LogP contribution in [0.3, 0.4) is 0 Å². The number of aliphatic imine (C=N–C) groups is 1. The molecule has 2 aliphatic carbocycles. The Kier molecular flexibility index (Phi) is 4.10. The first-order valence-corrected chi connectivity index (χ1v) is 9.77. The van der Waals surface area contributed by atoms with Gasteiger partial charge in [0, 0.05) is 35.9 Å². The van der Waals surface area contributed by atoms with Gasteiger partial charge in [0.25, 0.3) is 0 Å². The molecule has 126 valence electrons. The molecule has 0 bridgehead atoms. The third-order valence-electron chi connectivity index (χ3n) is 6.13. The van der Waals surface area contributed by atoms with Gasteiger partial charge in [-0.15, -0.1) is 11.3 Å². The van der Waals surface area contributed by atoms with Crippen LogP contribution in [0.25, 0.3) is 0 Å². The van der Waals surface area contributed by atoms with Gasteiger partial charge in [-0.25, -0.2) is 0 Å². The van der Waals surface area contributed by atoms with Crippen molar-refractivity contribution in [3.05, 3.63) is 22.4 Å². The maximum absolute atomic E-state index is 6.08. The second kappa shape index (κ2) is 6.10. The predicted octanol–water partition coefficient (Wildman–Crippen LogP) is 3.32. The molecule has 4 nitrogen and oxygen atoms in total. The van der Waals surface area contributed by atoms with Gasteiger partial charge in [0.2, 0.25) is 0 Å². The molecule has 0 aromatic carbocycles. The molecule has 2 heterocycles. The molecule has 1 aliphatic heterocycles. The van der Waals surface area contributed by atoms with Crippen LogP contribution in [-0.4, -0.2) is 31.8 Å². The molecule has 1 aromatic heterocycles. The summed E-state index contributed by atoms with van der Waals surface area (Å²) >= 11 is 1.79. The van der Waals surface area contributed by atoms with Crippen LogP contribution in [0, 0.1) is 11.3 Å². The number of thiophene rings is 1. The van der Waals surface area contributed by atoms with Crippen molar-refractivity contribution in [2.24, 2.45) is 16.3 Å². The van der Waals surface area contributed by atoms with Crippen molar-refractivity contribution >= 4 is 17.3 Å². The monoisotopic (exact) mass is 333 g/mol. The smallest absolute Gasteiger partial charge is 0.191 e. The molecule has 4 rings (SSSR count). The third kappa shape index (κ3) is 2.49. The molecule has 0 amide bonds. The fraction of sp³-hybridized carbons (Fsp3) is 0.722. The van der Waals surface area contributed by atoms with E-state index < -0.39 is 0 Å². The van der Waals surface area contributed by atoms with Gasteiger partial charge >= 0.3 is 0 Å². The van der Waals surface area contributed by atoms with Gasteiger partial charge in [-0.1, -0.05) is 18.9 Å². The highest BCUT2D eigenvalue weighted by Gasteiger charge is 2.65. The minimum absolute atomic E-state index is 0.288. The quantitative estimate of drug-likeness (QED) is 0.659. The summed E-state index contributed by atoms with van der Waals surface area (Å²) in [5.41, 5.74) is 0.366. The van der Waals surface area contributed by atoms with Crippen molar-refractivity contribution in [1.29, 1.82) is 0 Å². The second-order valence-electron chi connectivity index (χ2n) is 7.26. The summed E-state index contributed by atoms with van der Waals surface area (Å²) in [6.07, 6.45) is 7.01. The molecule has 4 unspecified atom stereocenters. The molecule has 2 N–H and O–H groups in total. The Hall–Kier alpha value is -1.07. The molecular weight excluding hydrogens is 306 g/mol. The van der Waals surface area contributed by atoms with Crippen LogP contribution in [0.4, 0.5) is 0 Å². The van der Waals surface area contributed by atoms with Crippen LogP contribution in [0.2, 0.25) is 0 Å². The molecule has 23 heavy (non-hydrogen) atoms. The van der Waals surface area contributed by atoms with Gasteiger partial charge in [-0.2, -0.15) is 0 Å². The maximum Gasteiger partial charge on any atom is 0.191 e. The first kappa shape index (κ1) is 15.5.